The molecule has 2 rings (SSSR count). The van der Waals surface area contributed by atoms with E-state index in [-0.39, 0.29) is 6.04 Å². The Hall–Kier alpha value is -0.870. The van der Waals surface area contributed by atoms with Crippen molar-refractivity contribution in [2.24, 2.45) is 0 Å². The number of benzene rings is 2. The molecular weight excluding hydrogens is 357 g/mol. The second-order valence-corrected chi connectivity index (χ2v) is 6.28. The number of halogens is 1. The standard InChI is InChI=1S/C18H22IN/c1-3-6-14-7-5-8-16(13-14)18(20-4-2)15-9-11-17(19)12-10-15/h5,7-13,18,20H,3-4,6H2,1-2H3. The third kappa shape index (κ3) is 4.06. The molecule has 0 radical (unpaired) electrons. The summed E-state index contributed by atoms with van der Waals surface area (Å²) in [6.07, 6.45) is 2.35. The Morgan fingerprint density at radius 3 is 2.40 bits per heavy atom. The fourth-order valence-corrected chi connectivity index (χ4v) is 2.86. The largest absolute Gasteiger partial charge is 0.307 e. The van der Waals surface area contributed by atoms with E-state index in [1.807, 2.05) is 0 Å². The first-order chi connectivity index (χ1) is 9.74. The van der Waals surface area contributed by atoms with Crippen molar-refractivity contribution in [2.45, 2.75) is 32.7 Å². The molecule has 2 aromatic rings. The quantitative estimate of drug-likeness (QED) is 0.701. The topological polar surface area (TPSA) is 12.0 Å². The Labute approximate surface area is 135 Å². The van der Waals surface area contributed by atoms with Gasteiger partial charge in [0.2, 0.25) is 0 Å². The normalized spacial score (nSPS) is 12.3. The SMILES string of the molecule is CCCc1cccc(C(NCC)c2ccc(I)cc2)c1. The molecule has 1 N–H and O–H groups in total. The molecule has 0 aliphatic heterocycles. The lowest BCUT2D eigenvalue weighted by Gasteiger charge is -2.20. The van der Waals surface area contributed by atoms with Gasteiger partial charge in [0.05, 0.1) is 6.04 Å². The third-order valence-corrected chi connectivity index (χ3v) is 4.15. The first-order valence-electron chi connectivity index (χ1n) is 7.32. The molecule has 2 aromatic carbocycles. The van der Waals surface area contributed by atoms with Crippen molar-refractivity contribution in [1.82, 2.24) is 5.32 Å². The minimum atomic E-state index is 0.286. The molecule has 0 saturated heterocycles. The zero-order valence-electron chi connectivity index (χ0n) is 12.2. The molecule has 1 unspecified atom stereocenters. The van der Waals surface area contributed by atoms with Crippen LogP contribution in [0.4, 0.5) is 0 Å². The molecule has 1 nitrogen and oxygen atoms in total. The van der Waals surface area contributed by atoms with Gasteiger partial charge in [0, 0.05) is 3.57 Å². The maximum atomic E-state index is 3.60. The summed E-state index contributed by atoms with van der Waals surface area (Å²) in [6, 6.07) is 18.1. The minimum absolute atomic E-state index is 0.286. The van der Waals surface area contributed by atoms with Crippen LogP contribution in [0.1, 0.15) is 43.0 Å². The van der Waals surface area contributed by atoms with E-state index in [1.54, 1.807) is 0 Å². The lowest BCUT2D eigenvalue weighted by molar-refractivity contribution is 0.629. The summed E-state index contributed by atoms with van der Waals surface area (Å²) in [6.45, 7) is 5.36. The van der Waals surface area contributed by atoms with Crippen molar-refractivity contribution in [3.8, 4) is 0 Å². The second-order valence-electron chi connectivity index (χ2n) is 5.04. The Balaban J connectivity index is 2.32. The average Bonchev–Trinajstić information content (AvgIpc) is 2.47. The number of hydrogen-bond donors (Lipinski definition) is 1. The van der Waals surface area contributed by atoms with E-state index in [0.717, 1.165) is 13.0 Å². The zero-order valence-corrected chi connectivity index (χ0v) is 14.4. The van der Waals surface area contributed by atoms with Gasteiger partial charge < -0.3 is 5.32 Å². The van der Waals surface area contributed by atoms with Gasteiger partial charge in [-0.25, -0.2) is 0 Å². The van der Waals surface area contributed by atoms with Crippen LogP contribution in [-0.2, 0) is 6.42 Å². The summed E-state index contributed by atoms with van der Waals surface area (Å²) in [5, 5.41) is 3.60. The highest BCUT2D eigenvalue weighted by Gasteiger charge is 2.13. The number of nitrogens with one attached hydrogen (secondary N) is 1. The van der Waals surface area contributed by atoms with Gasteiger partial charge in [-0.3, -0.25) is 0 Å². The highest BCUT2D eigenvalue weighted by atomic mass is 127. The molecule has 0 saturated carbocycles. The van der Waals surface area contributed by atoms with Gasteiger partial charge in [-0.05, 0) is 64.4 Å². The summed E-state index contributed by atoms with van der Waals surface area (Å²) < 4.78 is 1.28. The molecule has 0 aliphatic carbocycles. The van der Waals surface area contributed by atoms with Gasteiger partial charge >= 0.3 is 0 Å². The van der Waals surface area contributed by atoms with Gasteiger partial charge in [-0.15, -0.1) is 0 Å². The maximum absolute atomic E-state index is 3.60. The molecule has 0 heterocycles. The number of rotatable bonds is 6. The van der Waals surface area contributed by atoms with Crippen molar-refractivity contribution in [3.05, 3.63) is 68.8 Å². The lowest BCUT2D eigenvalue weighted by Crippen LogP contribution is -2.22. The molecule has 0 spiro atoms. The van der Waals surface area contributed by atoms with Crippen LogP contribution in [0.2, 0.25) is 0 Å². The van der Waals surface area contributed by atoms with Gasteiger partial charge in [-0.2, -0.15) is 0 Å². The van der Waals surface area contributed by atoms with Crippen LogP contribution >= 0.6 is 22.6 Å². The van der Waals surface area contributed by atoms with Crippen LogP contribution < -0.4 is 5.32 Å². The van der Waals surface area contributed by atoms with E-state index < -0.39 is 0 Å². The van der Waals surface area contributed by atoms with Gasteiger partial charge in [-0.1, -0.05) is 56.7 Å². The molecule has 2 heteroatoms. The smallest absolute Gasteiger partial charge is 0.0576 e. The van der Waals surface area contributed by atoms with Crippen LogP contribution in [-0.4, -0.2) is 6.54 Å². The molecule has 1 atom stereocenters. The van der Waals surface area contributed by atoms with Crippen LogP contribution in [0.15, 0.2) is 48.5 Å². The molecule has 0 amide bonds. The van der Waals surface area contributed by atoms with Crippen molar-refractivity contribution >= 4 is 22.6 Å². The van der Waals surface area contributed by atoms with Gasteiger partial charge in [0.1, 0.15) is 0 Å². The number of aryl methyl sites for hydroxylation is 1. The maximum Gasteiger partial charge on any atom is 0.0576 e. The van der Waals surface area contributed by atoms with Crippen molar-refractivity contribution < 1.29 is 0 Å². The Morgan fingerprint density at radius 2 is 1.75 bits per heavy atom. The van der Waals surface area contributed by atoms with Crippen molar-refractivity contribution in [3.63, 3.8) is 0 Å². The summed E-state index contributed by atoms with van der Waals surface area (Å²) in [4.78, 5) is 0. The van der Waals surface area contributed by atoms with E-state index >= 15 is 0 Å². The molecule has 0 aromatic heterocycles. The summed E-state index contributed by atoms with van der Waals surface area (Å²) in [7, 11) is 0. The fourth-order valence-electron chi connectivity index (χ4n) is 2.50. The molecule has 0 fully saturated rings. The summed E-state index contributed by atoms with van der Waals surface area (Å²) in [5.41, 5.74) is 4.12. The van der Waals surface area contributed by atoms with Crippen LogP contribution in [0.25, 0.3) is 0 Å². The zero-order chi connectivity index (χ0) is 14.4. The third-order valence-electron chi connectivity index (χ3n) is 3.43. The lowest BCUT2D eigenvalue weighted by atomic mass is 9.96. The van der Waals surface area contributed by atoms with E-state index in [4.69, 9.17) is 0 Å². The van der Waals surface area contributed by atoms with E-state index in [9.17, 15) is 0 Å². The molecule has 106 valence electrons. The molecule has 20 heavy (non-hydrogen) atoms. The first kappa shape index (κ1) is 15.5. The average molecular weight is 379 g/mol. The second kappa shape index (κ2) is 7.79. The van der Waals surface area contributed by atoms with Crippen molar-refractivity contribution in [1.29, 1.82) is 0 Å². The number of hydrogen-bond acceptors (Lipinski definition) is 1. The first-order valence-corrected chi connectivity index (χ1v) is 8.40. The Morgan fingerprint density at radius 1 is 1.00 bits per heavy atom. The Kier molecular flexibility index (Phi) is 6.05. The highest BCUT2D eigenvalue weighted by molar-refractivity contribution is 14.1. The monoisotopic (exact) mass is 379 g/mol. The van der Waals surface area contributed by atoms with Gasteiger partial charge in [0.15, 0.2) is 0 Å². The van der Waals surface area contributed by atoms with Crippen LogP contribution in [0, 0.1) is 3.57 Å². The highest BCUT2D eigenvalue weighted by Crippen LogP contribution is 2.24. The van der Waals surface area contributed by atoms with Gasteiger partial charge in [0.25, 0.3) is 0 Å². The molecule has 0 bridgehead atoms. The van der Waals surface area contributed by atoms with Crippen LogP contribution in [0.3, 0.4) is 0 Å². The van der Waals surface area contributed by atoms with E-state index in [0.29, 0.717) is 0 Å². The minimum Gasteiger partial charge on any atom is -0.307 e. The van der Waals surface area contributed by atoms with E-state index in [2.05, 4.69) is 90.3 Å². The predicted octanol–water partition coefficient (Wildman–Crippen LogP) is 4.94. The molecule has 0 aliphatic rings. The van der Waals surface area contributed by atoms with Crippen LogP contribution in [0.5, 0.6) is 0 Å². The van der Waals surface area contributed by atoms with Crippen molar-refractivity contribution in [2.75, 3.05) is 6.54 Å². The molecular formula is C18H22IN. The predicted molar refractivity (Wildman–Crippen MR) is 95.1 cm³/mol. The Bertz CT molecular complexity index is 533. The summed E-state index contributed by atoms with van der Waals surface area (Å²) >= 11 is 2.35. The fraction of sp³-hybridized carbons (Fsp3) is 0.333. The van der Waals surface area contributed by atoms with E-state index in [1.165, 1.54) is 26.7 Å². The summed E-state index contributed by atoms with van der Waals surface area (Å²) in [5.74, 6) is 0.